The van der Waals surface area contributed by atoms with Crippen LogP contribution in [0, 0.1) is 13.8 Å². The van der Waals surface area contributed by atoms with E-state index in [4.69, 9.17) is 9.97 Å². The smallest absolute Gasteiger partial charge is 0.205 e. The van der Waals surface area contributed by atoms with E-state index in [2.05, 4.69) is 105 Å². The molecule has 0 amide bonds. The van der Waals surface area contributed by atoms with Crippen LogP contribution in [0.5, 0.6) is 0 Å². The maximum atomic E-state index is 4.89. The molecule has 8 heteroatoms. The van der Waals surface area contributed by atoms with Gasteiger partial charge in [0.1, 0.15) is 11.3 Å². The number of H-pyrrole nitrogens is 1. The first-order valence-corrected chi connectivity index (χ1v) is 12.8. The molecule has 0 aliphatic heterocycles. The summed E-state index contributed by atoms with van der Waals surface area (Å²) in [7, 11) is 0. The van der Waals surface area contributed by atoms with Gasteiger partial charge in [0.05, 0.1) is 6.54 Å². The van der Waals surface area contributed by atoms with Crippen LogP contribution < -0.4 is 0 Å². The molecular formula is C28H25N7S. The first-order valence-electron chi connectivity index (χ1n) is 11.9. The topological polar surface area (TPSA) is 85.2 Å². The van der Waals surface area contributed by atoms with Gasteiger partial charge in [0.2, 0.25) is 5.82 Å². The summed E-state index contributed by atoms with van der Waals surface area (Å²) in [5, 5.41) is 16.9. The van der Waals surface area contributed by atoms with Gasteiger partial charge < -0.3 is 4.57 Å². The zero-order chi connectivity index (χ0) is 24.6. The van der Waals surface area contributed by atoms with Gasteiger partial charge in [-0.15, -0.1) is 21.5 Å². The second-order valence-electron chi connectivity index (χ2n) is 8.89. The maximum absolute atomic E-state index is 4.89. The molecule has 0 aliphatic rings. The minimum absolute atomic E-state index is 0.584. The van der Waals surface area contributed by atoms with Gasteiger partial charge in [-0.1, -0.05) is 43.3 Å². The molecule has 4 aromatic heterocycles. The molecule has 0 spiro atoms. The summed E-state index contributed by atoms with van der Waals surface area (Å²) in [4.78, 5) is 10.9. The van der Waals surface area contributed by atoms with Gasteiger partial charge in [-0.3, -0.25) is 0 Å². The summed E-state index contributed by atoms with van der Waals surface area (Å²) < 4.78 is 2.24. The van der Waals surface area contributed by atoms with Crippen LogP contribution in [0.3, 0.4) is 0 Å². The lowest BCUT2D eigenvalue weighted by atomic mass is 9.95. The van der Waals surface area contributed by atoms with Crippen molar-refractivity contribution in [3.63, 3.8) is 0 Å². The molecule has 2 aromatic carbocycles. The Kier molecular flexibility index (Phi) is 5.65. The van der Waals surface area contributed by atoms with E-state index >= 15 is 0 Å². The van der Waals surface area contributed by atoms with Crippen LogP contribution >= 0.6 is 11.3 Å². The molecule has 0 unspecified atom stereocenters. The average molecular weight is 492 g/mol. The summed E-state index contributed by atoms with van der Waals surface area (Å²) in [6.45, 7) is 7.01. The van der Waals surface area contributed by atoms with Crippen molar-refractivity contribution in [2.75, 3.05) is 0 Å². The van der Waals surface area contributed by atoms with Gasteiger partial charge in [-0.05, 0) is 76.5 Å². The van der Waals surface area contributed by atoms with Crippen LogP contribution in [0.25, 0.3) is 44.1 Å². The normalized spacial score (nSPS) is 11.4. The molecule has 0 radical (unpaired) electrons. The van der Waals surface area contributed by atoms with Crippen molar-refractivity contribution in [1.29, 1.82) is 0 Å². The van der Waals surface area contributed by atoms with Crippen molar-refractivity contribution in [2.24, 2.45) is 0 Å². The molecule has 7 nitrogen and oxygen atoms in total. The van der Waals surface area contributed by atoms with E-state index in [0.717, 1.165) is 52.3 Å². The Morgan fingerprint density at radius 2 is 1.75 bits per heavy atom. The number of nitrogens with zero attached hydrogens (tertiary/aromatic N) is 6. The minimum Gasteiger partial charge on any atom is -0.308 e. The summed E-state index contributed by atoms with van der Waals surface area (Å²) in [6, 6.07) is 21.4. The van der Waals surface area contributed by atoms with Crippen LogP contribution in [0.2, 0.25) is 0 Å². The number of hydrogen-bond acceptors (Lipinski definition) is 6. The van der Waals surface area contributed by atoms with Crippen molar-refractivity contribution in [1.82, 2.24) is 35.2 Å². The molecule has 0 saturated carbocycles. The third kappa shape index (κ3) is 3.99. The van der Waals surface area contributed by atoms with Gasteiger partial charge in [0, 0.05) is 22.6 Å². The Bertz CT molecular complexity index is 1650. The molecule has 36 heavy (non-hydrogen) atoms. The first kappa shape index (κ1) is 22.3. The Morgan fingerprint density at radius 1 is 0.917 bits per heavy atom. The number of pyridine rings is 1. The predicted molar refractivity (Wildman–Crippen MR) is 144 cm³/mol. The zero-order valence-corrected chi connectivity index (χ0v) is 21.2. The Hall–Kier alpha value is -4.17. The lowest BCUT2D eigenvalue weighted by Gasteiger charge is -2.12. The number of benzene rings is 2. The fourth-order valence-corrected chi connectivity index (χ4v) is 5.43. The summed E-state index contributed by atoms with van der Waals surface area (Å²) >= 11 is 1.73. The SMILES string of the molecule is CCc1nc2c(C)cc(C)nc2n1Cc1ccc(-c2cc(-c3cccs3)ccc2-c2nn[nH]n2)cc1. The molecule has 6 rings (SSSR count). The minimum atomic E-state index is 0.584. The monoisotopic (exact) mass is 491 g/mol. The van der Waals surface area contributed by atoms with Crippen molar-refractivity contribution >= 4 is 22.5 Å². The Morgan fingerprint density at radius 3 is 2.47 bits per heavy atom. The third-order valence-corrected chi connectivity index (χ3v) is 7.35. The number of nitrogens with one attached hydrogen (secondary N) is 1. The van der Waals surface area contributed by atoms with Crippen molar-refractivity contribution in [3.05, 3.63) is 88.7 Å². The lowest BCUT2D eigenvalue weighted by Crippen LogP contribution is -2.05. The molecule has 0 fully saturated rings. The second-order valence-corrected chi connectivity index (χ2v) is 9.84. The number of aryl methyl sites for hydroxylation is 3. The molecular weight excluding hydrogens is 466 g/mol. The van der Waals surface area contributed by atoms with Crippen LogP contribution in [0.1, 0.15) is 29.6 Å². The van der Waals surface area contributed by atoms with E-state index in [0.29, 0.717) is 5.82 Å². The quantitative estimate of drug-likeness (QED) is 0.298. The fraction of sp³-hybridized carbons (Fsp3) is 0.179. The van der Waals surface area contributed by atoms with Crippen molar-refractivity contribution in [3.8, 4) is 33.0 Å². The number of thiophene rings is 1. The standard InChI is InChI=1S/C28H25N7S/c1-4-25-30-26-17(2)14-18(3)29-28(26)35(25)16-19-7-9-20(10-8-19)23-15-21(24-6-5-13-36-24)11-12-22(23)27-31-33-34-32-27/h5-15H,4,16H2,1-3H3,(H,31,32,33,34). The van der Waals surface area contributed by atoms with E-state index in [1.54, 1.807) is 11.3 Å². The fourth-order valence-electron chi connectivity index (χ4n) is 4.71. The molecule has 0 bridgehead atoms. The number of aromatic nitrogens is 7. The first-order chi connectivity index (χ1) is 17.6. The maximum Gasteiger partial charge on any atom is 0.205 e. The Balaban J connectivity index is 1.39. The van der Waals surface area contributed by atoms with E-state index in [1.807, 2.05) is 6.92 Å². The van der Waals surface area contributed by atoms with Gasteiger partial charge >= 0.3 is 0 Å². The molecule has 0 atom stereocenters. The number of aromatic amines is 1. The Labute approximate surface area is 212 Å². The molecule has 0 saturated heterocycles. The van der Waals surface area contributed by atoms with Crippen LogP contribution in [-0.4, -0.2) is 35.2 Å². The van der Waals surface area contributed by atoms with Gasteiger partial charge in [-0.2, -0.15) is 5.21 Å². The van der Waals surface area contributed by atoms with Gasteiger partial charge in [0.25, 0.3) is 0 Å². The average Bonchev–Trinajstić information content (AvgIpc) is 3.66. The molecule has 1 N–H and O–H groups in total. The summed E-state index contributed by atoms with van der Waals surface area (Å²) in [6.07, 6.45) is 0.858. The van der Waals surface area contributed by atoms with E-state index in [1.165, 1.54) is 21.6 Å². The number of tetrazole rings is 1. The van der Waals surface area contributed by atoms with E-state index in [9.17, 15) is 0 Å². The van der Waals surface area contributed by atoms with E-state index in [-0.39, 0.29) is 0 Å². The predicted octanol–water partition coefficient (Wildman–Crippen LogP) is 6.23. The van der Waals surface area contributed by atoms with Gasteiger partial charge in [-0.25, -0.2) is 9.97 Å². The van der Waals surface area contributed by atoms with Gasteiger partial charge in [0.15, 0.2) is 5.65 Å². The number of fused-ring (bicyclic) bond motifs is 1. The highest BCUT2D eigenvalue weighted by molar-refractivity contribution is 7.13. The van der Waals surface area contributed by atoms with Crippen LogP contribution in [0.4, 0.5) is 0 Å². The number of rotatable bonds is 6. The highest BCUT2D eigenvalue weighted by Crippen LogP contribution is 2.35. The summed E-state index contributed by atoms with van der Waals surface area (Å²) in [5.74, 6) is 1.64. The molecule has 4 heterocycles. The van der Waals surface area contributed by atoms with E-state index < -0.39 is 0 Å². The number of imidazole rings is 1. The number of hydrogen-bond donors (Lipinski definition) is 1. The summed E-state index contributed by atoms with van der Waals surface area (Å²) in [5.41, 5.74) is 9.62. The molecule has 0 aliphatic carbocycles. The highest BCUT2D eigenvalue weighted by Gasteiger charge is 2.16. The van der Waals surface area contributed by atoms with Crippen LogP contribution in [-0.2, 0) is 13.0 Å². The van der Waals surface area contributed by atoms with Crippen molar-refractivity contribution in [2.45, 2.75) is 33.7 Å². The second kappa shape index (κ2) is 9.13. The third-order valence-electron chi connectivity index (χ3n) is 6.43. The lowest BCUT2D eigenvalue weighted by molar-refractivity contribution is 0.745. The largest absolute Gasteiger partial charge is 0.308 e. The highest BCUT2D eigenvalue weighted by atomic mass is 32.1. The van der Waals surface area contributed by atoms with Crippen molar-refractivity contribution < 1.29 is 0 Å². The zero-order valence-electron chi connectivity index (χ0n) is 20.4. The molecule has 6 aromatic rings. The molecule has 178 valence electrons. The van der Waals surface area contributed by atoms with Crippen LogP contribution in [0.15, 0.2) is 66.0 Å².